The summed E-state index contributed by atoms with van der Waals surface area (Å²) >= 11 is 7.47. The zero-order chi connectivity index (χ0) is 20.1. The van der Waals surface area contributed by atoms with Crippen molar-refractivity contribution in [2.24, 2.45) is 4.99 Å². The molecular weight excluding hydrogens is 400 g/mol. The van der Waals surface area contributed by atoms with Crippen molar-refractivity contribution < 1.29 is 19.0 Å². The van der Waals surface area contributed by atoms with Gasteiger partial charge in [0.15, 0.2) is 4.80 Å². The van der Waals surface area contributed by atoms with E-state index in [2.05, 4.69) is 4.99 Å². The number of ether oxygens (including phenoxy) is 3. The highest BCUT2D eigenvalue weighted by Crippen LogP contribution is 2.25. The van der Waals surface area contributed by atoms with E-state index in [-0.39, 0.29) is 0 Å². The minimum Gasteiger partial charge on any atom is -0.497 e. The average Bonchev–Trinajstić information content (AvgIpc) is 3.04. The molecule has 0 atom stereocenters. The van der Waals surface area contributed by atoms with Crippen LogP contribution in [-0.2, 0) is 11.3 Å². The highest BCUT2D eigenvalue weighted by atomic mass is 35.5. The van der Waals surface area contributed by atoms with Crippen molar-refractivity contribution >= 4 is 39.1 Å². The lowest BCUT2D eigenvalue weighted by Gasteiger charge is -2.07. The first-order valence-electron chi connectivity index (χ1n) is 8.75. The van der Waals surface area contributed by atoms with Crippen LogP contribution >= 0.6 is 22.9 Å². The number of carbonyl (C=O) groups is 1. The number of halogens is 1. The first kappa shape index (κ1) is 20.4. The van der Waals surface area contributed by atoms with Crippen molar-refractivity contribution in [1.29, 1.82) is 0 Å². The Morgan fingerprint density at radius 1 is 1.18 bits per heavy atom. The molecule has 28 heavy (non-hydrogen) atoms. The normalized spacial score (nSPS) is 11.8. The van der Waals surface area contributed by atoms with E-state index in [1.807, 2.05) is 29.7 Å². The molecule has 0 saturated carbocycles. The molecule has 6 nitrogen and oxygen atoms in total. The van der Waals surface area contributed by atoms with Gasteiger partial charge in [0.05, 0.1) is 36.6 Å². The van der Waals surface area contributed by atoms with Crippen molar-refractivity contribution in [1.82, 2.24) is 4.57 Å². The topological polar surface area (TPSA) is 62.1 Å². The Balaban J connectivity index is 2.10. The van der Waals surface area contributed by atoms with Gasteiger partial charge in [0, 0.05) is 18.2 Å². The predicted molar refractivity (Wildman–Crippen MR) is 111 cm³/mol. The van der Waals surface area contributed by atoms with Crippen LogP contribution in [0.3, 0.4) is 0 Å². The molecule has 3 aromatic rings. The summed E-state index contributed by atoms with van der Waals surface area (Å²) in [5.74, 6) is 0.768. The first-order valence-corrected chi connectivity index (χ1v) is 9.94. The van der Waals surface area contributed by atoms with Crippen LogP contribution in [0, 0.1) is 0 Å². The van der Waals surface area contributed by atoms with Crippen LogP contribution in [0.25, 0.3) is 10.2 Å². The van der Waals surface area contributed by atoms with Gasteiger partial charge in [0.25, 0.3) is 5.91 Å². The monoisotopic (exact) mass is 420 g/mol. The molecule has 0 unspecified atom stereocenters. The minimum absolute atomic E-state index is 0.321. The van der Waals surface area contributed by atoms with Crippen LogP contribution in [0.4, 0.5) is 0 Å². The number of rotatable bonds is 7. The molecule has 148 valence electrons. The Hall–Kier alpha value is -2.35. The Morgan fingerprint density at radius 2 is 2.00 bits per heavy atom. The zero-order valence-electron chi connectivity index (χ0n) is 15.9. The fourth-order valence-electron chi connectivity index (χ4n) is 2.78. The third-order valence-corrected chi connectivity index (χ3v) is 5.42. The molecule has 0 N–H and O–H groups in total. The molecule has 0 aliphatic rings. The Bertz CT molecular complexity index is 1060. The number of amides is 1. The Kier molecular flexibility index (Phi) is 6.72. The van der Waals surface area contributed by atoms with Crippen LogP contribution in [0.2, 0.25) is 5.02 Å². The summed E-state index contributed by atoms with van der Waals surface area (Å²) in [4.78, 5) is 17.8. The molecule has 0 fully saturated rings. The van der Waals surface area contributed by atoms with Gasteiger partial charge in [-0.25, -0.2) is 0 Å². The summed E-state index contributed by atoms with van der Waals surface area (Å²) in [7, 11) is 3.13. The van der Waals surface area contributed by atoms with Gasteiger partial charge < -0.3 is 18.8 Å². The molecule has 2 aromatic carbocycles. The molecule has 0 saturated heterocycles. The summed E-state index contributed by atoms with van der Waals surface area (Å²) < 4.78 is 19.0. The van der Waals surface area contributed by atoms with Crippen molar-refractivity contribution in [2.45, 2.75) is 13.5 Å². The second-order valence-electron chi connectivity index (χ2n) is 5.83. The maximum atomic E-state index is 12.9. The molecule has 0 aliphatic heterocycles. The quantitative estimate of drug-likeness (QED) is 0.538. The summed E-state index contributed by atoms with van der Waals surface area (Å²) in [5, 5.41) is 0.449. The molecule has 1 amide bonds. The second kappa shape index (κ2) is 9.23. The number of thiazole rings is 1. The fourth-order valence-corrected chi connectivity index (χ4v) is 4.03. The van der Waals surface area contributed by atoms with E-state index in [4.69, 9.17) is 25.8 Å². The molecule has 1 heterocycles. The lowest BCUT2D eigenvalue weighted by atomic mass is 10.2. The molecule has 0 radical (unpaired) electrons. The van der Waals surface area contributed by atoms with Crippen LogP contribution in [0.1, 0.15) is 17.3 Å². The zero-order valence-corrected chi connectivity index (χ0v) is 17.5. The van der Waals surface area contributed by atoms with Crippen LogP contribution in [0.5, 0.6) is 11.5 Å². The number of nitrogens with zero attached hydrogens (tertiary/aromatic N) is 2. The third kappa shape index (κ3) is 4.38. The van der Waals surface area contributed by atoms with E-state index >= 15 is 0 Å². The van der Waals surface area contributed by atoms with Gasteiger partial charge in [-0.3, -0.25) is 4.79 Å². The summed E-state index contributed by atoms with van der Waals surface area (Å²) in [6.45, 7) is 3.68. The van der Waals surface area contributed by atoms with Gasteiger partial charge in [-0.2, -0.15) is 4.99 Å². The summed E-state index contributed by atoms with van der Waals surface area (Å²) in [5.41, 5.74) is 1.29. The van der Waals surface area contributed by atoms with Crippen LogP contribution in [-0.4, -0.2) is 37.9 Å². The van der Waals surface area contributed by atoms with E-state index in [0.717, 1.165) is 16.0 Å². The number of hydrogen-bond donors (Lipinski definition) is 0. The fraction of sp³-hybridized carbons (Fsp3) is 0.300. The average molecular weight is 421 g/mol. The molecule has 8 heteroatoms. The van der Waals surface area contributed by atoms with Gasteiger partial charge in [-0.1, -0.05) is 22.9 Å². The second-order valence-corrected chi connectivity index (χ2v) is 7.27. The standard InChI is InChI=1S/C20H21ClN2O4S/c1-4-27-10-9-23-16-7-6-14(25-2)12-18(16)28-20(23)22-19(24)15-11-13(21)5-8-17(15)26-3/h5-8,11-12H,4,9-10H2,1-3H3. The molecule has 0 bridgehead atoms. The van der Waals surface area contributed by atoms with Gasteiger partial charge in [-0.15, -0.1) is 0 Å². The molecule has 0 aliphatic carbocycles. The van der Waals surface area contributed by atoms with Gasteiger partial charge in [0.1, 0.15) is 11.5 Å². The van der Waals surface area contributed by atoms with Crippen LogP contribution < -0.4 is 14.3 Å². The Morgan fingerprint density at radius 3 is 2.71 bits per heavy atom. The van der Waals surface area contributed by atoms with Gasteiger partial charge in [0.2, 0.25) is 0 Å². The smallest absolute Gasteiger partial charge is 0.283 e. The number of benzene rings is 2. The highest BCUT2D eigenvalue weighted by Gasteiger charge is 2.14. The van der Waals surface area contributed by atoms with E-state index in [1.54, 1.807) is 25.3 Å². The molecule has 3 rings (SSSR count). The molecular formula is C20H21ClN2O4S. The van der Waals surface area contributed by atoms with E-state index < -0.39 is 5.91 Å². The number of aromatic nitrogens is 1. The minimum atomic E-state index is -0.414. The van der Waals surface area contributed by atoms with E-state index in [9.17, 15) is 4.79 Å². The van der Waals surface area contributed by atoms with Gasteiger partial charge in [-0.05, 0) is 43.3 Å². The largest absolute Gasteiger partial charge is 0.497 e. The maximum absolute atomic E-state index is 12.9. The number of methoxy groups -OCH3 is 2. The number of hydrogen-bond acceptors (Lipinski definition) is 5. The van der Waals surface area contributed by atoms with Crippen molar-refractivity contribution in [3.8, 4) is 11.5 Å². The number of fused-ring (bicyclic) bond motifs is 1. The van der Waals surface area contributed by atoms with Crippen molar-refractivity contribution in [3.63, 3.8) is 0 Å². The van der Waals surface area contributed by atoms with Crippen molar-refractivity contribution in [3.05, 3.63) is 51.8 Å². The predicted octanol–water partition coefficient (Wildman–Crippen LogP) is 4.15. The maximum Gasteiger partial charge on any atom is 0.283 e. The lowest BCUT2D eigenvalue weighted by Crippen LogP contribution is -2.20. The third-order valence-electron chi connectivity index (χ3n) is 4.14. The van der Waals surface area contributed by atoms with E-state index in [1.165, 1.54) is 18.4 Å². The lowest BCUT2D eigenvalue weighted by molar-refractivity contribution is 0.0993. The van der Waals surface area contributed by atoms with Crippen LogP contribution in [0.15, 0.2) is 41.4 Å². The SMILES string of the molecule is CCOCCn1c(=NC(=O)c2cc(Cl)ccc2OC)sc2cc(OC)ccc21. The Labute approximate surface area is 171 Å². The molecule has 1 aromatic heterocycles. The summed E-state index contributed by atoms with van der Waals surface area (Å²) in [6.07, 6.45) is 0. The first-order chi connectivity index (χ1) is 13.6. The van der Waals surface area contributed by atoms with Gasteiger partial charge >= 0.3 is 0 Å². The number of carbonyl (C=O) groups excluding carboxylic acids is 1. The summed E-state index contributed by atoms with van der Waals surface area (Å²) in [6, 6.07) is 10.7. The van der Waals surface area contributed by atoms with E-state index in [0.29, 0.717) is 40.9 Å². The molecule has 0 spiro atoms. The highest BCUT2D eigenvalue weighted by molar-refractivity contribution is 7.16. The van der Waals surface area contributed by atoms with Crippen molar-refractivity contribution in [2.75, 3.05) is 27.4 Å².